The zero-order valence-corrected chi connectivity index (χ0v) is 28.6. The van der Waals surface area contributed by atoms with Crippen LogP contribution in [0.5, 0.6) is 0 Å². The first-order valence-corrected chi connectivity index (χ1v) is 17.1. The van der Waals surface area contributed by atoms with Gasteiger partial charge < -0.3 is 34.9 Å². The van der Waals surface area contributed by atoms with E-state index in [1.807, 2.05) is 31.0 Å². The van der Waals surface area contributed by atoms with Crippen molar-refractivity contribution in [2.45, 2.75) is 38.8 Å². The average molecular weight is 675 g/mol. The van der Waals surface area contributed by atoms with E-state index in [0.717, 1.165) is 89.8 Å². The number of hydrogen-bond donors (Lipinski definition) is 3. The van der Waals surface area contributed by atoms with Crippen molar-refractivity contribution in [3.63, 3.8) is 0 Å². The van der Waals surface area contributed by atoms with Crippen molar-refractivity contribution >= 4 is 40.1 Å². The van der Waals surface area contributed by atoms with Gasteiger partial charge in [0.25, 0.3) is 0 Å². The lowest BCUT2D eigenvalue weighted by molar-refractivity contribution is -0.135. The molecule has 2 amide bonds. The van der Waals surface area contributed by atoms with Gasteiger partial charge in [0.2, 0.25) is 5.91 Å². The Balaban J connectivity index is 1.06. The number of hydrogen-bond acceptors (Lipinski definition) is 9. The largest absolute Gasteiger partial charge is 0.453 e. The minimum absolute atomic E-state index is 0.0929. The summed E-state index contributed by atoms with van der Waals surface area (Å²) in [5.41, 5.74) is 6.97. The number of fused-ring (bicyclic) bond motifs is 1. The Morgan fingerprint density at radius 3 is 2.40 bits per heavy atom. The number of carbonyl (C=O) groups is 2. The summed E-state index contributed by atoms with van der Waals surface area (Å²) < 4.78 is 10.2. The minimum atomic E-state index is -0.675. The number of amides is 2. The van der Waals surface area contributed by atoms with Crippen LogP contribution in [0.3, 0.4) is 0 Å². The van der Waals surface area contributed by atoms with Crippen LogP contribution in [0.4, 0.5) is 22.0 Å². The number of nitrogens with one attached hydrogen (secondary N) is 3. The smallest absolute Gasteiger partial charge is 0.407 e. The Morgan fingerprint density at radius 1 is 0.920 bits per heavy atom. The predicted molar refractivity (Wildman–Crippen MR) is 193 cm³/mol. The number of imidazole rings is 1. The number of ether oxygens (including phenoxy) is 2. The molecule has 2 atom stereocenters. The molecule has 1 unspecified atom stereocenters. The van der Waals surface area contributed by atoms with Crippen molar-refractivity contribution in [1.29, 1.82) is 0 Å². The van der Waals surface area contributed by atoms with Gasteiger partial charge in [0.05, 0.1) is 43.8 Å². The summed E-state index contributed by atoms with van der Waals surface area (Å²) in [7, 11) is 1.30. The van der Waals surface area contributed by atoms with E-state index in [1.165, 1.54) is 12.8 Å². The zero-order chi connectivity index (χ0) is 34.6. The number of likely N-dealkylation sites (tertiary alicyclic amines) is 1. The second-order valence-electron chi connectivity index (χ2n) is 13.0. The standard InChI is InChI=1S/C38H42N8O4/c1-24(2)34(44-38(48)49-3)37(47)46-16-4-5-33(46)36-39-22-32(43-36)26-8-6-25(7-9-26)27-10-15-31-30(21-27)35(41-23-40-31)42-28-11-13-29(14-12-28)45-17-19-50-20-18-45/h6-15,21-24,33-34H,4-5,16-20H2,1-3H3,(H,39,43)(H,44,48)(H,40,41,42)/t33?,34-/m1/s1. The highest BCUT2D eigenvalue weighted by molar-refractivity contribution is 5.94. The number of aromatic nitrogens is 4. The molecule has 0 spiro atoms. The first kappa shape index (κ1) is 33.0. The lowest BCUT2D eigenvalue weighted by Gasteiger charge is -2.30. The SMILES string of the molecule is COC(=O)N[C@@H](C(=O)N1CCCC1c1ncc(-c2ccc(-c3ccc4ncnc(Nc5ccc(N6CCOCC6)cc5)c4c3)cc2)[nH]1)C(C)C. The van der Waals surface area contributed by atoms with Crippen molar-refractivity contribution in [1.82, 2.24) is 30.2 Å². The van der Waals surface area contributed by atoms with E-state index in [9.17, 15) is 9.59 Å². The van der Waals surface area contributed by atoms with Gasteiger partial charge in [-0.1, -0.05) is 44.2 Å². The molecular weight excluding hydrogens is 632 g/mol. The average Bonchev–Trinajstić information content (AvgIpc) is 3.85. The van der Waals surface area contributed by atoms with Gasteiger partial charge in [0.1, 0.15) is 24.0 Å². The van der Waals surface area contributed by atoms with Gasteiger partial charge in [-0.15, -0.1) is 0 Å². The first-order chi connectivity index (χ1) is 24.4. The lowest BCUT2D eigenvalue weighted by Crippen LogP contribution is -2.51. The second-order valence-corrected chi connectivity index (χ2v) is 13.0. The molecule has 4 heterocycles. The zero-order valence-electron chi connectivity index (χ0n) is 28.6. The molecule has 258 valence electrons. The molecule has 3 N–H and O–H groups in total. The Labute approximate surface area is 291 Å². The summed E-state index contributed by atoms with van der Waals surface area (Å²) in [6.07, 6.45) is 4.44. The lowest BCUT2D eigenvalue weighted by atomic mass is 10.0. The van der Waals surface area contributed by atoms with Gasteiger partial charge in [-0.2, -0.15) is 0 Å². The fraction of sp³-hybridized carbons (Fsp3) is 0.342. The van der Waals surface area contributed by atoms with E-state index in [1.54, 1.807) is 6.33 Å². The maximum absolute atomic E-state index is 13.5. The molecule has 12 heteroatoms. The van der Waals surface area contributed by atoms with E-state index < -0.39 is 12.1 Å². The molecule has 0 radical (unpaired) electrons. The molecule has 2 aromatic heterocycles. The van der Waals surface area contributed by atoms with Crippen molar-refractivity contribution in [2.75, 3.05) is 50.2 Å². The fourth-order valence-corrected chi connectivity index (χ4v) is 6.74. The third-order valence-electron chi connectivity index (χ3n) is 9.51. The van der Waals surface area contributed by atoms with Crippen LogP contribution in [0.1, 0.15) is 38.6 Å². The highest BCUT2D eigenvalue weighted by Gasteiger charge is 2.37. The summed E-state index contributed by atoms with van der Waals surface area (Å²) >= 11 is 0. The maximum atomic E-state index is 13.5. The number of aromatic amines is 1. The van der Waals surface area contributed by atoms with Gasteiger partial charge in [0, 0.05) is 36.4 Å². The monoisotopic (exact) mass is 674 g/mol. The molecule has 7 rings (SSSR count). The maximum Gasteiger partial charge on any atom is 0.407 e. The second kappa shape index (κ2) is 14.6. The highest BCUT2D eigenvalue weighted by atomic mass is 16.5. The van der Waals surface area contributed by atoms with Crippen LogP contribution in [0.25, 0.3) is 33.3 Å². The third kappa shape index (κ3) is 6.97. The van der Waals surface area contributed by atoms with E-state index in [2.05, 4.69) is 96.1 Å². The molecule has 0 aliphatic carbocycles. The van der Waals surface area contributed by atoms with Crippen molar-refractivity contribution in [3.8, 4) is 22.4 Å². The third-order valence-corrected chi connectivity index (χ3v) is 9.51. The minimum Gasteiger partial charge on any atom is -0.453 e. The van der Waals surface area contributed by atoms with Crippen LogP contribution in [0, 0.1) is 5.92 Å². The molecule has 50 heavy (non-hydrogen) atoms. The number of anilines is 3. The summed E-state index contributed by atoms with van der Waals surface area (Å²) in [6.45, 7) is 7.73. The molecule has 2 aliphatic rings. The molecule has 2 aliphatic heterocycles. The Bertz CT molecular complexity index is 1950. The number of morpholine rings is 1. The van der Waals surface area contributed by atoms with Crippen molar-refractivity contribution in [2.24, 2.45) is 5.92 Å². The number of benzene rings is 3. The van der Waals surface area contributed by atoms with Crippen LogP contribution >= 0.6 is 0 Å². The Kier molecular flexibility index (Phi) is 9.61. The summed E-state index contributed by atoms with van der Waals surface area (Å²) in [5, 5.41) is 7.12. The Morgan fingerprint density at radius 2 is 1.66 bits per heavy atom. The Hall–Kier alpha value is -5.49. The molecule has 2 fully saturated rings. The number of nitrogens with zero attached hydrogens (tertiary/aromatic N) is 5. The van der Waals surface area contributed by atoms with Gasteiger partial charge in [-0.05, 0) is 71.8 Å². The molecule has 2 saturated heterocycles. The van der Waals surface area contributed by atoms with Gasteiger partial charge in [-0.25, -0.2) is 19.7 Å². The summed E-state index contributed by atoms with van der Waals surface area (Å²) in [5.74, 6) is 1.26. The quantitative estimate of drug-likeness (QED) is 0.164. The van der Waals surface area contributed by atoms with E-state index >= 15 is 0 Å². The van der Waals surface area contributed by atoms with Gasteiger partial charge in [0.15, 0.2) is 0 Å². The van der Waals surface area contributed by atoms with Crippen LogP contribution < -0.4 is 15.5 Å². The van der Waals surface area contributed by atoms with Crippen LogP contribution in [0.2, 0.25) is 0 Å². The number of alkyl carbamates (subject to hydrolysis) is 1. The van der Waals surface area contributed by atoms with E-state index in [4.69, 9.17) is 9.47 Å². The van der Waals surface area contributed by atoms with Gasteiger partial charge >= 0.3 is 6.09 Å². The normalized spacial score (nSPS) is 16.8. The van der Waals surface area contributed by atoms with Gasteiger partial charge in [-0.3, -0.25) is 4.79 Å². The molecule has 0 bridgehead atoms. The fourth-order valence-electron chi connectivity index (χ4n) is 6.74. The molecular formula is C38H42N8O4. The molecule has 12 nitrogen and oxygen atoms in total. The first-order valence-electron chi connectivity index (χ1n) is 17.1. The number of methoxy groups -OCH3 is 1. The number of rotatable bonds is 9. The summed E-state index contributed by atoms with van der Waals surface area (Å²) in [4.78, 5) is 46.8. The van der Waals surface area contributed by atoms with Crippen LogP contribution in [-0.2, 0) is 14.3 Å². The predicted octanol–water partition coefficient (Wildman–Crippen LogP) is 6.31. The van der Waals surface area contributed by atoms with Crippen LogP contribution in [-0.4, -0.2) is 82.8 Å². The highest BCUT2D eigenvalue weighted by Crippen LogP contribution is 2.34. The van der Waals surface area contributed by atoms with E-state index in [-0.39, 0.29) is 17.9 Å². The molecule has 5 aromatic rings. The summed E-state index contributed by atoms with van der Waals surface area (Å²) in [6, 6.07) is 22.1. The van der Waals surface area contributed by atoms with Crippen molar-refractivity contribution < 1.29 is 19.1 Å². The van der Waals surface area contributed by atoms with Crippen molar-refractivity contribution in [3.05, 3.63) is 85.1 Å². The van der Waals surface area contributed by atoms with E-state index in [0.29, 0.717) is 6.54 Å². The number of H-pyrrole nitrogens is 1. The molecule has 3 aromatic carbocycles. The molecule has 0 saturated carbocycles. The van der Waals surface area contributed by atoms with Crippen LogP contribution in [0.15, 0.2) is 79.3 Å². The topological polar surface area (TPSA) is 138 Å². The number of carbonyl (C=O) groups excluding carboxylic acids is 2.